The average molecular weight is 429 g/mol. The number of methoxy groups -OCH3 is 1. The van der Waals surface area contributed by atoms with Gasteiger partial charge in [0.15, 0.2) is 0 Å². The molecule has 0 aliphatic heterocycles. The Kier molecular flexibility index (Phi) is 6.23. The van der Waals surface area contributed by atoms with E-state index in [9.17, 15) is 13.2 Å². The second kappa shape index (κ2) is 8.68. The zero-order chi connectivity index (χ0) is 21.9. The van der Waals surface area contributed by atoms with Gasteiger partial charge in [-0.2, -0.15) is 0 Å². The van der Waals surface area contributed by atoms with Gasteiger partial charge in [0.05, 0.1) is 7.11 Å². The predicted molar refractivity (Wildman–Crippen MR) is 113 cm³/mol. The topological polar surface area (TPSA) is 102 Å². The van der Waals surface area contributed by atoms with Crippen molar-refractivity contribution < 1.29 is 22.5 Å². The summed E-state index contributed by atoms with van der Waals surface area (Å²) >= 11 is 0. The van der Waals surface area contributed by atoms with E-state index in [4.69, 9.17) is 9.26 Å². The molecule has 0 bridgehead atoms. The number of nitrogens with zero attached hydrogens (tertiary/aromatic N) is 2. The minimum atomic E-state index is -3.79. The van der Waals surface area contributed by atoms with Crippen LogP contribution in [0.2, 0.25) is 0 Å². The van der Waals surface area contributed by atoms with Crippen molar-refractivity contribution in [1.82, 2.24) is 9.46 Å². The summed E-state index contributed by atoms with van der Waals surface area (Å²) in [6.07, 6.45) is 0.938. The van der Waals surface area contributed by atoms with E-state index < -0.39 is 15.9 Å². The molecule has 158 valence electrons. The first-order valence-corrected chi connectivity index (χ1v) is 10.7. The van der Waals surface area contributed by atoms with Crippen LogP contribution < -0.4 is 10.1 Å². The van der Waals surface area contributed by atoms with Crippen LogP contribution in [0.5, 0.6) is 5.75 Å². The Morgan fingerprint density at radius 2 is 1.83 bits per heavy atom. The molecule has 1 heterocycles. The van der Waals surface area contributed by atoms with Gasteiger partial charge in [-0.15, -0.1) is 0 Å². The molecule has 3 aromatic rings. The number of hydrogen-bond acceptors (Lipinski definition) is 6. The van der Waals surface area contributed by atoms with E-state index in [0.29, 0.717) is 5.69 Å². The Labute approximate surface area is 175 Å². The van der Waals surface area contributed by atoms with Crippen LogP contribution in [0.25, 0.3) is 11.3 Å². The molecule has 0 atom stereocenters. The van der Waals surface area contributed by atoms with Crippen LogP contribution in [0.3, 0.4) is 0 Å². The van der Waals surface area contributed by atoms with Gasteiger partial charge in [-0.25, -0.2) is 12.7 Å². The van der Waals surface area contributed by atoms with Crippen LogP contribution in [0.1, 0.15) is 22.8 Å². The van der Waals surface area contributed by atoms with Gasteiger partial charge in [-0.05, 0) is 30.2 Å². The molecule has 30 heavy (non-hydrogen) atoms. The normalized spacial score (nSPS) is 11.5. The van der Waals surface area contributed by atoms with Crippen molar-refractivity contribution in [3.05, 3.63) is 59.7 Å². The standard InChI is InChI=1S/C21H23N3O5S/c1-5-14-6-8-15(9-7-14)17-13-20(29-23-17)22-21(25)16-10-11-18(28-4)19(12-16)30(26,27)24(2)3/h6-13H,5H2,1-4H3,(H,22,25). The SMILES string of the molecule is CCc1ccc(-c2cc(NC(=O)c3ccc(OC)c(S(=O)(=O)N(C)C)c3)on2)cc1. The van der Waals surface area contributed by atoms with Crippen LogP contribution in [0, 0.1) is 0 Å². The molecule has 0 aliphatic carbocycles. The van der Waals surface area contributed by atoms with Crippen LogP contribution in [0.4, 0.5) is 5.88 Å². The van der Waals surface area contributed by atoms with E-state index in [0.717, 1.165) is 16.3 Å². The van der Waals surface area contributed by atoms with Crippen molar-refractivity contribution >= 4 is 21.8 Å². The number of aryl methyl sites for hydroxylation is 1. The molecular formula is C21H23N3O5S. The Bertz CT molecular complexity index is 1150. The molecule has 3 rings (SSSR count). The van der Waals surface area contributed by atoms with E-state index >= 15 is 0 Å². The summed E-state index contributed by atoms with van der Waals surface area (Å²) in [5.41, 5.74) is 2.79. The highest BCUT2D eigenvalue weighted by molar-refractivity contribution is 7.89. The number of sulfonamides is 1. The maximum absolute atomic E-state index is 12.6. The van der Waals surface area contributed by atoms with Crippen molar-refractivity contribution in [2.24, 2.45) is 0 Å². The lowest BCUT2D eigenvalue weighted by atomic mass is 10.1. The van der Waals surface area contributed by atoms with Gasteiger partial charge in [0.2, 0.25) is 15.9 Å². The van der Waals surface area contributed by atoms with Gasteiger partial charge >= 0.3 is 0 Å². The number of aromatic nitrogens is 1. The third kappa shape index (κ3) is 4.37. The molecule has 0 saturated heterocycles. The number of benzene rings is 2. The number of carbonyl (C=O) groups is 1. The number of ether oxygens (including phenoxy) is 1. The molecule has 2 aromatic carbocycles. The maximum Gasteiger partial charge on any atom is 0.258 e. The first-order chi connectivity index (χ1) is 14.3. The van der Waals surface area contributed by atoms with Gasteiger partial charge in [-0.1, -0.05) is 36.3 Å². The van der Waals surface area contributed by atoms with E-state index in [1.807, 2.05) is 24.3 Å². The fourth-order valence-electron chi connectivity index (χ4n) is 2.78. The smallest absolute Gasteiger partial charge is 0.258 e. The van der Waals surface area contributed by atoms with E-state index in [1.165, 1.54) is 45.0 Å². The van der Waals surface area contributed by atoms with Crippen molar-refractivity contribution in [3.63, 3.8) is 0 Å². The van der Waals surface area contributed by atoms with Gasteiger partial charge in [0.25, 0.3) is 5.91 Å². The summed E-state index contributed by atoms with van der Waals surface area (Å²) in [6.45, 7) is 2.08. The minimum Gasteiger partial charge on any atom is -0.495 e. The molecule has 0 fully saturated rings. The number of hydrogen-bond donors (Lipinski definition) is 1. The summed E-state index contributed by atoms with van der Waals surface area (Å²) < 4.78 is 36.5. The number of anilines is 1. The van der Waals surface area contributed by atoms with Crippen molar-refractivity contribution in [2.45, 2.75) is 18.2 Å². The maximum atomic E-state index is 12.6. The molecule has 0 saturated carbocycles. The summed E-state index contributed by atoms with van der Waals surface area (Å²) in [4.78, 5) is 12.5. The molecule has 0 radical (unpaired) electrons. The summed E-state index contributed by atoms with van der Waals surface area (Å²) in [5.74, 6) is -0.225. The first kappa shape index (κ1) is 21.5. The molecule has 8 nitrogen and oxygen atoms in total. The monoisotopic (exact) mass is 429 g/mol. The third-order valence-electron chi connectivity index (χ3n) is 4.59. The molecule has 1 amide bonds. The van der Waals surface area contributed by atoms with Crippen molar-refractivity contribution in [3.8, 4) is 17.0 Å². The zero-order valence-electron chi connectivity index (χ0n) is 17.2. The van der Waals surface area contributed by atoms with Crippen LogP contribution in [-0.2, 0) is 16.4 Å². The Morgan fingerprint density at radius 1 is 1.13 bits per heavy atom. The Balaban J connectivity index is 1.83. The lowest BCUT2D eigenvalue weighted by molar-refractivity contribution is 0.102. The highest BCUT2D eigenvalue weighted by Gasteiger charge is 2.24. The second-order valence-corrected chi connectivity index (χ2v) is 8.85. The highest BCUT2D eigenvalue weighted by Crippen LogP contribution is 2.28. The van der Waals surface area contributed by atoms with Crippen molar-refractivity contribution in [2.75, 3.05) is 26.5 Å². The summed E-state index contributed by atoms with van der Waals surface area (Å²) in [7, 11) is 0.389. The molecule has 1 N–H and O–H groups in total. The molecule has 0 unspecified atom stereocenters. The highest BCUT2D eigenvalue weighted by atomic mass is 32.2. The number of carbonyl (C=O) groups excluding carboxylic acids is 1. The summed E-state index contributed by atoms with van der Waals surface area (Å²) in [5, 5.41) is 6.58. The van der Waals surface area contributed by atoms with Crippen LogP contribution in [0.15, 0.2) is 57.9 Å². The second-order valence-electron chi connectivity index (χ2n) is 6.73. The molecule has 0 spiro atoms. The lowest BCUT2D eigenvalue weighted by Gasteiger charge is -2.15. The minimum absolute atomic E-state index is 0.100. The quantitative estimate of drug-likeness (QED) is 0.618. The molecule has 1 aromatic heterocycles. The Morgan fingerprint density at radius 3 is 2.43 bits per heavy atom. The van der Waals surface area contributed by atoms with Gasteiger partial charge in [-0.3, -0.25) is 10.1 Å². The van der Waals surface area contributed by atoms with Gasteiger partial charge in [0, 0.05) is 31.3 Å². The lowest BCUT2D eigenvalue weighted by Crippen LogP contribution is -2.23. The van der Waals surface area contributed by atoms with Gasteiger partial charge in [0.1, 0.15) is 16.3 Å². The Hall–Kier alpha value is -3.17. The zero-order valence-corrected chi connectivity index (χ0v) is 18.0. The number of rotatable bonds is 7. The first-order valence-electron chi connectivity index (χ1n) is 9.24. The van der Waals surface area contributed by atoms with Crippen molar-refractivity contribution in [1.29, 1.82) is 0 Å². The van der Waals surface area contributed by atoms with E-state index in [1.54, 1.807) is 6.07 Å². The fraction of sp³-hybridized carbons (Fsp3) is 0.238. The van der Waals surface area contributed by atoms with E-state index in [-0.39, 0.29) is 22.1 Å². The fourth-order valence-corrected chi connectivity index (χ4v) is 3.86. The number of nitrogens with one attached hydrogen (secondary N) is 1. The molecular weight excluding hydrogens is 406 g/mol. The van der Waals surface area contributed by atoms with Gasteiger partial charge < -0.3 is 9.26 Å². The average Bonchev–Trinajstić information content (AvgIpc) is 3.21. The number of amides is 1. The largest absolute Gasteiger partial charge is 0.495 e. The van der Waals surface area contributed by atoms with Crippen LogP contribution >= 0.6 is 0 Å². The molecule has 9 heteroatoms. The van der Waals surface area contributed by atoms with E-state index in [2.05, 4.69) is 17.4 Å². The predicted octanol–water partition coefficient (Wildman–Crippen LogP) is 3.42. The van der Waals surface area contributed by atoms with Crippen LogP contribution in [-0.4, -0.2) is 45.0 Å². The summed E-state index contributed by atoms with van der Waals surface area (Å²) in [6, 6.07) is 13.7. The molecule has 0 aliphatic rings. The third-order valence-corrected chi connectivity index (χ3v) is 6.43.